The molecule has 0 spiro atoms. The van der Waals surface area contributed by atoms with Crippen molar-refractivity contribution in [2.45, 2.75) is 39.2 Å². The van der Waals surface area contributed by atoms with Crippen LogP contribution in [0.1, 0.15) is 33.1 Å². The van der Waals surface area contributed by atoms with Crippen LogP contribution in [-0.2, 0) is 19.1 Å². The van der Waals surface area contributed by atoms with Crippen molar-refractivity contribution < 1.29 is 24.2 Å². The maximum Gasteiger partial charge on any atom is 0.311 e. The molecule has 0 radical (unpaired) electrons. The normalized spacial score (nSPS) is 28.7. The average molecular weight is 299 g/mol. The minimum absolute atomic E-state index is 0.0254. The van der Waals surface area contributed by atoms with E-state index < -0.39 is 11.4 Å². The van der Waals surface area contributed by atoms with Gasteiger partial charge in [-0.25, -0.2) is 0 Å². The summed E-state index contributed by atoms with van der Waals surface area (Å²) in [6, 6.07) is 0. The number of hydrogen-bond donors (Lipinski definition) is 1. The predicted octanol–water partition coefficient (Wildman–Crippen LogP) is 1.14. The summed E-state index contributed by atoms with van der Waals surface area (Å²) in [5.74, 6) is -0.855. The Morgan fingerprint density at radius 2 is 2.24 bits per heavy atom. The van der Waals surface area contributed by atoms with Gasteiger partial charge >= 0.3 is 5.97 Å². The summed E-state index contributed by atoms with van der Waals surface area (Å²) in [5.41, 5.74) is -0.803. The molecular weight excluding hydrogens is 274 g/mol. The fraction of sp³-hybridized carbons (Fsp3) is 0.867. The van der Waals surface area contributed by atoms with Crippen LogP contribution in [0.25, 0.3) is 0 Å². The number of ether oxygens (including phenoxy) is 2. The number of rotatable bonds is 6. The van der Waals surface area contributed by atoms with Crippen LogP contribution in [-0.4, -0.2) is 60.9 Å². The molecule has 2 aliphatic heterocycles. The minimum Gasteiger partial charge on any atom is -0.481 e. The third-order valence-electron chi connectivity index (χ3n) is 4.47. The van der Waals surface area contributed by atoms with Gasteiger partial charge in [0.1, 0.15) is 0 Å². The zero-order valence-electron chi connectivity index (χ0n) is 12.8. The second-order valence-corrected chi connectivity index (χ2v) is 6.28. The van der Waals surface area contributed by atoms with Gasteiger partial charge in [-0.3, -0.25) is 9.59 Å². The lowest BCUT2D eigenvalue weighted by molar-refractivity contribution is -0.157. The van der Waals surface area contributed by atoms with E-state index in [2.05, 4.69) is 0 Å². The van der Waals surface area contributed by atoms with E-state index in [-0.39, 0.29) is 17.9 Å². The number of nitrogens with zero attached hydrogens (tertiary/aromatic N) is 1. The zero-order valence-corrected chi connectivity index (χ0v) is 12.8. The lowest BCUT2D eigenvalue weighted by Crippen LogP contribution is -2.45. The van der Waals surface area contributed by atoms with Crippen LogP contribution in [0, 0.1) is 11.3 Å². The number of carboxylic acids is 1. The first-order valence-corrected chi connectivity index (χ1v) is 7.66. The molecular formula is C15H25NO5. The lowest BCUT2D eigenvalue weighted by atomic mass is 9.74. The first-order chi connectivity index (χ1) is 9.95. The van der Waals surface area contributed by atoms with Crippen molar-refractivity contribution in [3.05, 3.63) is 0 Å². The molecule has 0 aromatic carbocycles. The third-order valence-corrected chi connectivity index (χ3v) is 4.47. The van der Waals surface area contributed by atoms with E-state index in [1.54, 1.807) is 4.90 Å². The molecule has 0 unspecified atom stereocenters. The number of aliphatic carboxylic acids is 1. The Morgan fingerprint density at radius 1 is 1.48 bits per heavy atom. The van der Waals surface area contributed by atoms with E-state index >= 15 is 0 Å². The van der Waals surface area contributed by atoms with Gasteiger partial charge in [0.25, 0.3) is 0 Å². The van der Waals surface area contributed by atoms with E-state index in [9.17, 15) is 14.7 Å². The van der Waals surface area contributed by atoms with Crippen molar-refractivity contribution in [2.75, 3.05) is 32.9 Å². The number of hydrogen-bond acceptors (Lipinski definition) is 4. The van der Waals surface area contributed by atoms with Crippen LogP contribution >= 0.6 is 0 Å². The first kappa shape index (κ1) is 16.2. The van der Waals surface area contributed by atoms with Crippen LogP contribution in [0.3, 0.4) is 0 Å². The second-order valence-electron chi connectivity index (χ2n) is 6.28. The summed E-state index contributed by atoms with van der Waals surface area (Å²) in [6.45, 7) is 6.21. The fourth-order valence-corrected chi connectivity index (χ4v) is 3.19. The van der Waals surface area contributed by atoms with Crippen molar-refractivity contribution in [1.29, 1.82) is 0 Å². The Bertz CT molecular complexity index is 398. The summed E-state index contributed by atoms with van der Waals surface area (Å²) in [7, 11) is 0. The molecule has 2 saturated heterocycles. The van der Waals surface area contributed by atoms with E-state index in [0.717, 1.165) is 0 Å². The van der Waals surface area contributed by atoms with Crippen LogP contribution < -0.4 is 0 Å². The summed E-state index contributed by atoms with van der Waals surface area (Å²) < 4.78 is 10.8. The molecule has 120 valence electrons. The Morgan fingerprint density at radius 3 is 2.86 bits per heavy atom. The topological polar surface area (TPSA) is 76.1 Å². The minimum atomic E-state index is -0.803. The van der Waals surface area contributed by atoms with Gasteiger partial charge in [-0.1, -0.05) is 0 Å². The van der Waals surface area contributed by atoms with Crippen molar-refractivity contribution in [3.63, 3.8) is 0 Å². The Hall–Kier alpha value is -1.14. The van der Waals surface area contributed by atoms with Crippen molar-refractivity contribution in [1.82, 2.24) is 4.90 Å². The predicted molar refractivity (Wildman–Crippen MR) is 75.9 cm³/mol. The highest BCUT2D eigenvalue weighted by Gasteiger charge is 2.54. The molecule has 2 fully saturated rings. The van der Waals surface area contributed by atoms with Crippen LogP contribution in [0.4, 0.5) is 0 Å². The van der Waals surface area contributed by atoms with Crippen molar-refractivity contribution >= 4 is 11.9 Å². The highest BCUT2D eigenvalue weighted by atomic mass is 16.5. The fourth-order valence-electron chi connectivity index (χ4n) is 3.19. The molecule has 0 saturated carbocycles. The van der Waals surface area contributed by atoms with Gasteiger partial charge in [0.15, 0.2) is 0 Å². The maximum atomic E-state index is 12.2. The molecule has 0 aromatic heterocycles. The summed E-state index contributed by atoms with van der Waals surface area (Å²) in [4.78, 5) is 25.6. The molecule has 21 heavy (non-hydrogen) atoms. The molecule has 1 N–H and O–H groups in total. The monoisotopic (exact) mass is 299 g/mol. The second kappa shape index (κ2) is 6.75. The number of carboxylic acid groups (broad SMARTS) is 1. The van der Waals surface area contributed by atoms with E-state index in [1.807, 2.05) is 13.8 Å². The molecule has 1 amide bonds. The Kier molecular flexibility index (Phi) is 5.22. The third kappa shape index (κ3) is 3.55. The van der Waals surface area contributed by atoms with Gasteiger partial charge in [-0.2, -0.15) is 0 Å². The molecule has 0 aliphatic carbocycles. The van der Waals surface area contributed by atoms with Gasteiger partial charge in [0.2, 0.25) is 5.91 Å². The van der Waals surface area contributed by atoms with Gasteiger partial charge in [0.05, 0.1) is 18.1 Å². The smallest absolute Gasteiger partial charge is 0.311 e. The molecule has 0 aromatic rings. The van der Waals surface area contributed by atoms with E-state index in [4.69, 9.17) is 9.47 Å². The van der Waals surface area contributed by atoms with Crippen LogP contribution in [0.2, 0.25) is 0 Å². The molecule has 6 nitrogen and oxygen atoms in total. The first-order valence-electron chi connectivity index (χ1n) is 7.66. The number of carbonyl (C=O) groups excluding carboxylic acids is 1. The molecule has 2 heterocycles. The summed E-state index contributed by atoms with van der Waals surface area (Å²) in [6.07, 6.45) is 1.75. The molecule has 2 atom stereocenters. The van der Waals surface area contributed by atoms with Gasteiger partial charge < -0.3 is 19.5 Å². The molecule has 6 heteroatoms. The van der Waals surface area contributed by atoms with Crippen LogP contribution in [0.15, 0.2) is 0 Å². The van der Waals surface area contributed by atoms with Gasteiger partial charge in [0, 0.05) is 38.6 Å². The number of carbonyl (C=O) groups is 2. The molecule has 0 bridgehead atoms. The van der Waals surface area contributed by atoms with Crippen molar-refractivity contribution in [3.8, 4) is 0 Å². The largest absolute Gasteiger partial charge is 0.481 e. The lowest BCUT2D eigenvalue weighted by Gasteiger charge is -2.33. The van der Waals surface area contributed by atoms with Crippen LogP contribution in [0.5, 0.6) is 0 Å². The maximum absolute atomic E-state index is 12.2. The average Bonchev–Trinajstić information content (AvgIpc) is 2.84. The van der Waals surface area contributed by atoms with Crippen molar-refractivity contribution in [2.24, 2.45) is 11.3 Å². The number of likely N-dealkylation sites (tertiary alicyclic amines) is 1. The Balaban J connectivity index is 1.87. The number of fused-ring (bicyclic) bond motifs is 1. The van der Waals surface area contributed by atoms with Gasteiger partial charge in [-0.05, 0) is 26.7 Å². The van der Waals surface area contributed by atoms with E-state index in [0.29, 0.717) is 52.2 Å². The zero-order chi connectivity index (χ0) is 15.5. The standard InChI is InChI=1S/C15H25NO5/c1-11(2)21-6-3-4-13(17)16-8-12-9-20-7-5-15(12,10-16)14(18)19/h11-12H,3-10H2,1-2H3,(H,18,19)/t12-,15+/m0/s1. The number of amides is 1. The quantitative estimate of drug-likeness (QED) is 0.744. The Labute approximate surface area is 125 Å². The highest BCUT2D eigenvalue weighted by molar-refractivity contribution is 5.81. The molecule has 2 rings (SSSR count). The van der Waals surface area contributed by atoms with E-state index in [1.165, 1.54) is 0 Å². The summed E-state index contributed by atoms with van der Waals surface area (Å²) >= 11 is 0. The molecule has 2 aliphatic rings. The SMILES string of the molecule is CC(C)OCCCC(=O)N1C[C@H]2COCC[C@@]2(C(=O)O)C1. The van der Waals surface area contributed by atoms with Gasteiger partial charge in [-0.15, -0.1) is 0 Å². The summed E-state index contributed by atoms with van der Waals surface area (Å²) in [5, 5.41) is 9.56. The highest BCUT2D eigenvalue weighted by Crippen LogP contribution is 2.42.